The minimum atomic E-state index is 0.0674. The van der Waals surface area contributed by atoms with E-state index in [4.69, 9.17) is 0 Å². The summed E-state index contributed by atoms with van der Waals surface area (Å²) in [6.45, 7) is 3.98. The highest BCUT2D eigenvalue weighted by Gasteiger charge is 2.37. The number of piperidine rings is 1. The van der Waals surface area contributed by atoms with Crippen molar-refractivity contribution in [1.29, 1.82) is 0 Å². The van der Waals surface area contributed by atoms with Gasteiger partial charge in [-0.2, -0.15) is 0 Å². The molecule has 1 saturated heterocycles. The van der Waals surface area contributed by atoms with Crippen molar-refractivity contribution in [3.05, 3.63) is 75.1 Å². The van der Waals surface area contributed by atoms with E-state index in [0.717, 1.165) is 33.3 Å². The number of carbonyl (C=O) groups excluding carboxylic acids is 1. The Morgan fingerprint density at radius 3 is 2.71 bits per heavy atom. The van der Waals surface area contributed by atoms with E-state index in [0.29, 0.717) is 25.6 Å². The SMILES string of the molecule is Cc1nc(-c2ccccc2)sc1C(=O)N1C[C@H]2C[C@@H](C1)c1cccc(=O)n1C2. The van der Waals surface area contributed by atoms with Crippen molar-refractivity contribution >= 4 is 17.2 Å². The molecule has 2 aliphatic rings. The molecule has 28 heavy (non-hydrogen) atoms. The van der Waals surface area contributed by atoms with Crippen LogP contribution in [-0.2, 0) is 6.54 Å². The predicted molar refractivity (Wildman–Crippen MR) is 110 cm³/mol. The standard InChI is InChI=1S/C22H21N3O2S/c1-14-20(28-21(23-14)16-6-3-2-4-7-16)22(27)24-11-15-10-17(13-24)18-8-5-9-19(26)25(18)12-15/h2-9,15,17H,10-13H2,1H3/t15-,17+/m1/s1. The third-order valence-electron chi connectivity index (χ3n) is 5.78. The maximum absolute atomic E-state index is 13.3. The Hall–Kier alpha value is -2.73. The highest BCUT2D eigenvalue weighted by molar-refractivity contribution is 7.17. The molecule has 4 heterocycles. The lowest BCUT2D eigenvalue weighted by Crippen LogP contribution is -2.49. The number of amides is 1. The second-order valence-electron chi connectivity index (χ2n) is 7.71. The van der Waals surface area contributed by atoms with Crippen molar-refractivity contribution in [3.63, 3.8) is 0 Å². The maximum atomic E-state index is 13.3. The number of likely N-dealkylation sites (tertiary alicyclic amines) is 1. The molecule has 2 bridgehead atoms. The number of thiazole rings is 1. The van der Waals surface area contributed by atoms with E-state index in [1.54, 1.807) is 6.07 Å². The fraction of sp³-hybridized carbons (Fsp3) is 0.318. The van der Waals surface area contributed by atoms with Crippen LogP contribution in [0.1, 0.15) is 33.4 Å². The van der Waals surface area contributed by atoms with E-state index in [-0.39, 0.29) is 17.4 Å². The van der Waals surface area contributed by atoms with Crippen LogP contribution in [0.2, 0.25) is 0 Å². The van der Waals surface area contributed by atoms with Crippen molar-refractivity contribution in [2.75, 3.05) is 13.1 Å². The monoisotopic (exact) mass is 391 g/mol. The Balaban J connectivity index is 1.43. The van der Waals surface area contributed by atoms with Crippen LogP contribution < -0.4 is 5.56 Å². The molecule has 0 aliphatic carbocycles. The van der Waals surface area contributed by atoms with Gasteiger partial charge >= 0.3 is 0 Å². The quantitative estimate of drug-likeness (QED) is 0.671. The minimum absolute atomic E-state index is 0.0674. The number of hydrogen-bond donors (Lipinski definition) is 0. The molecule has 1 aromatic carbocycles. The average Bonchev–Trinajstić information content (AvgIpc) is 3.10. The summed E-state index contributed by atoms with van der Waals surface area (Å²) >= 11 is 1.47. The van der Waals surface area contributed by atoms with Crippen LogP contribution in [0, 0.1) is 12.8 Å². The van der Waals surface area contributed by atoms with Crippen molar-refractivity contribution < 1.29 is 4.79 Å². The summed E-state index contributed by atoms with van der Waals surface area (Å²) in [4.78, 5) is 32.8. The Kier molecular flexibility index (Phi) is 4.16. The molecule has 1 amide bonds. The molecule has 5 rings (SSSR count). The van der Waals surface area contributed by atoms with Gasteiger partial charge in [0.15, 0.2) is 0 Å². The van der Waals surface area contributed by atoms with Crippen LogP contribution in [0.4, 0.5) is 0 Å². The predicted octanol–water partition coefficient (Wildman–Crippen LogP) is 3.54. The fourth-order valence-corrected chi connectivity index (χ4v) is 5.54. The molecule has 0 saturated carbocycles. The minimum Gasteiger partial charge on any atom is -0.337 e. The Labute approximate surface area is 167 Å². The zero-order chi connectivity index (χ0) is 19.3. The topological polar surface area (TPSA) is 55.2 Å². The van der Waals surface area contributed by atoms with Crippen molar-refractivity contribution in [2.24, 2.45) is 5.92 Å². The molecule has 2 aliphatic heterocycles. The summed E-state index contributed by atoms with van der Waals surface area (Å²) in [7, 11) is 0. The summed E-state index contributed by atoms with van der Waals surface area (Å²) in [5.41, 5.74) is 2.96. The Bertz CT molecular complexity index is 1100. The van der Waals surface area contributed by atoms with E-state index in [1.165, 1.54) is 11.3 Å². The summed E-state index contributed by atoms with van der Waals surface area (Å²) in [6.07, 6.45) is 1.05. The molecule has 5 nitrogen and oxygen atoms in total. The zero-order valence-corrected chi connectivity index (χ0v) is 16.5. The first-order valence-electron chi connectivity index (χ1n) is 9.62. The number of benzene rings is 1. The van der Waals surface area contributed by atoms with Crippen LogP contribution in [-0.4, -0.2) is 33.4 Å². The first kappa shape index (κ1) is 17.4. The van der Waals surface area contributed by atoms with Crippen molar-refractivity contribution in [2.45, 2.75) is 25.8 Å². The largest absolute Gasteiger partial charge is 0.337 e. The first-order chi connectivity index (χ1) is 13.6. The van der Waals surface area contributed by atoms with Gasteiger partial charge in [-0.15, -0.1) is 11.3 Å². The summed E-state index contributed by atoms with van der Waals surface area (Å²) in [6, 6.07) is 15.5. The molecule has 142 valence electrons. The van der Waals surface area contributed by atoms with Gasteiger partial charge in [-0.25, -0.2) is 4.98 Å². The van der Waals surface area contributed by atoms with Crippen molar-refractivity contribution in [3.8, 4) is 10.6 Å². The summed E-state index contributed by atoms with van der Waals surface area (Å²) < 4.78 is 1.89. The summed E-state index contributed by atoms with van der Waals surface area (Å²) in [5.74, 6) is 0.628. The van der Waals surface area contributed by atoms with Crippen LogP contribution >= 0.6 is 11.3 Å². The number of rotatable bonds is 2. The third-order valence-corrected chi connectivity index (χ3v) is 6.97. The van der Waals surface area contributed by atoms with Crippen LogP contribution in [0.3, 0.4) is 0 Å². The summed E-state index contributed by atoms with van der Waals surface area (Å²) in [5, 5.41) is 0.885. The van der Waals surface area contributed by atoms with E-state index >= 15 is 0 Å². The van der Waals surface area contributed by atoms with E-state index in [1.807, 2.05) is 58.9 Å². The number of hydrogen-bond acceptors (Lipinski definition) is 4. The van der Waals surface area contributed by atoms with Crippen molar-refractivity contribution in [1.82, 2.24) is 14.5 Å². The van der Waals surface area contributed by atoms with Crippen LogP contribution in [0.5, 0.6) is 0 Å². The van der Waals surface area contributed by atoms with E-state index in [9.17, 15) is 9.59 Å². The van der Waals surface area contributed by atoms with Gasteiger partial charge in [-0.05, 0) is 25.3 Å². The number of carbonyl (C=O) groups is 1. The van der Waals surface area contributed by atoms with E-state index in [2.05, 4.69) is 4.98 Å². The molecule has 2 atom stereocenters. The number of pyridine rings is 1. The van der Waals surface area contributed by atoms with Gasteiger partial charge in [0.05, 0.1) is 5.69 Å². The van der Waals surface area contributed by atoms with Gasteiger partial charge in [-0.1, -0.05) is 36.4 Å². The number of nitrogens with zero attached hydrogens (tertiary/aromatic N) is 3. The molecule has 1 fully saturated rings. The highest BCUT2D eigenvalue weighted by atomic mass is 32.1. The van der Waals surface area contributed by atoms with Gasteiger partial charge in [0, 0.05) is 42.9 Å². The molecule has 0 spiro atoms. The molecule has 0 N–H and O–H groups in total. The van der Waals surface area contributed by atoms with Gasteiger partial charge in [0.1, 0.15) is 9.88 Å². The molecule has 2 aromatic heterocycles. The van der Waals surface area contributed by atoms with Crippen LogP contribution in [0.25, 0.3) is 10.6 Å². The number of fused-ring (bicyclic) bond motifs is 4. The normalized spacial score (nSPS) is 20.7. The average molecular weight is 391 g/mol. The zero-order valence-electron chi connectivity index (χ0n) is 15.7. The molecule has 6 heteroatoms. The molecular weight excluding hydrogens is 370 g/mol. The van der Waals surface area contributed by atoms with E-state index < -0.39 is 0 Å². The molecular formula is C22H21N3O2S. The smallest absolute Gasteiger partial charge is 0.265 e. The maximum Gasteiger partial charge on any atom is 0.265 e. The number of aryl methyl sites for hydroxylation is 1. The van der Waals surface area contributed by atoms with Gasteiger partial charge < -0.3 is 9.47 Å². The lowest BCUT2D eigenvalue weighted by Gasteiger charge is -2.42. The molecule has 3 aromatic rings. The highest BCUT2D eigenvalue weighted by Crippen LogP contribution is 2.36. The number of aromatic nitrogens is 2. The van der Waals surface area contributed by atoms with Gasteiger partial charge in [0.2, 0.25) is 0 Å². The first-order valence-corrected chi connectivity index (χ1v) is 10.4. The Morgan fingerprint density at radius 2 is 1.89 bits per heavy atom. The second kappa shape index (κ2) is 6.71. The Morgan fingerprint density at radius 1 is 1.07 bits per heavy atom. The van der Waals surface area contributed by atoms with Crippen LogP contribution in [0.15, 0.2) is 53.3 Å². The third kappa shape index (κ3) is 2.88. The van der Waals surface area contributed by atoms with Gasteiger partial charge in [-0.3, -0.25) is 9.59 Å². The van der Waals surface area contributed by atoms with Gasteiger partial charge in [0.25, 0.3) is 11.5 Å². The second-order valence-corrected chi connectivity index (χ2v) is 8.71. The molecule has 0 radical (unpaired) electrons. The molecule has 0 unspecified atom stereocenters. The fourth-order valence-electron chi connectivity index (χ4n) is 4.50. The lowest BCUT2D eigenvalue weighted by atomic mass is 9.83. The lowest BCUT2D eigenvalue weighted by molar-refractivity contribution is 0.0598.